The van der Waals surface area contributed by atoms with Gasteiger partial charge < -0.3 is 10.3 Å². The number of aromatic nitrogens is 5. The molecule has 3 aromatic heterocycles. The number of imidazole rings is 1. The molecule has 0 saturated carbocycles. The van der Waals surface area contributed by atoms with Gasteiger partial charge >= 0.3 is 0 Å². The third-order valence-electron chi connectivity index (χ3n) is 3.10. The Bertz CT molecular complexity index is 671. The summed E-state index contributed by atoms with van der Waals surface area (Å²) in [6.45, 7) is 1.78. The fraction of sp³-hybridized carbons (Fsp3) is 0.214. The first-order chi connectivity index (χ1) is 9.83. The summed E-state index contributed by atoms with van der Waals surface area (Å²) < 4.78 is 4.05. The molecule has 0 aliphatic carbocycles. The molecule has 0 aromatic carbocycles. The van der Waals surface area contributed by atoms with Crippen LogP contribution in [-0.2, 0) is 13.1 Å². The molecule has 0 amide bonds. The molecule has 3 aromatic rings. The molecule has 0 unspecified atom stereocenters. The van der Waals surface area contributed by atoms with Crippen molar-refractivity contribution in [1.29, 1.82) is 0 Å². The Hall–Kier alpha value is -2.63. The van der Waals surface area contributed by atoms with Crippen LogP contribution in [0.5, 0.6) is 0 Å². The molecule has 102 valence electrons. The van der Waals surface area contributed by atoms with Crippen LogP contribution in [0.1, 0.15) is 6.42 Å². The highest BCUT2D eigenvalue weighted by Gasteiger charge is 2.06. The first kappa shape index (κ1) is 12.4. The Labute approximate surface area is 116 Å². The van der Waals surface area contributed by atoms with Gasteiger partial charge in [0.25, 0.3) is 0 Å². The first-order valence-corrected chi connectivity index (χ1v) is 6.53. The van der Waals surface area contributed by atoms with E-state index < -0.39 is 0 Å². The molecular weight excluding hydrogens is 252 g/mol. The molecule has 0 spiro atoms. The van der Waals surface area contributed by atoms with Crippen LogP contribution in [0.2, 0.25) is 0 Å². The van der Waals surface area contributed by atoms with E-state index in [9.17, 15) is 0 Å². The van der Waals surface area contributed by atoms with Gasteiger partial charge in [-0.2, -0.15) is 5.10 Å². The normalized spacial score (nSPS) is 10.8. The molecule has 0 saturated heterocycles. The number of nitrogens with zero attached hydrogens (tertiary/aromatic N) is 5. The smallest absolute Gasteiger partial charge is 0.140 e. The number of aryl methyl sites for hydroxylation is 2. The van der Waals surface area contributed by atoms with Crippen molar-refractivity contribution in [2.75, 3.05) is 5.73 Å². The van der Waals surface area contributed by atoms with Gasteiger partial charge in [0, 0.05) is 49.6 Å². The standard InChI is InChI=1S/C14H16N6/c15-13-11-12(3-5-16-13)14-17-6-10-19(14)7-2-9-20-8-1-4-18-20/h1,3-6,8,10-11H,2,7,9H2,(H2,15,16). The van der Waals surface area contributed by atoms with Crippen LogP contribution in [-0.4, -0.2) is 24.3 Å². The molecule has 0 radical (unpaired) electrons. The van der Waals surface area contributed by atoms with Crippen LogP contribution in [0.25, 0.3) is 11.4 Å². The lowest BCUT2D eigenvalue weighted by Crippen LogP contribution is -2.05. The molecule has 0 aliphatic rings. The summed E-state index contributed by atoms with van der Waals surface area (Å²) in [4.78, 5) is 8.40. The third kappa shape index (κ3) is 2.69. The number of nitrogen functional groups attached to an aromatic ring is 1. The number of anilines is 1. The van der Waals surface area contributed by atoms with Crippen molar-refractivity contribution in [3.63, 3.8) is 0 Å². The predicted octanol–water partition coefficient (Wildman–Crippen LogP) is 1.81. The van der Waals surface area contributed by atoms with E-state index in [-0.39, 0.29) is 0 Å². The van der Waals surface area contributed by atoms with E-state index in [4.69, 9.17) is 5.73 Å². The quantitative estimate of drug-likeness (QED) is 0.766. The highest BCUT2D eigenvalue weighted by molar-refractivity contribution is 5.58. The molecule has 6 heteroatoms. The minimum absolute atomic E-state index is 0.508. The summed E-state index contributed by atoms with van der Waals surface area (Å²) >= 11 is 0. The van der Waals surface area contributed by atoms with E-state index in [2.05, 4.69) is 19.6 Å². The average molecular weight is 268 g/mol. The van der Waals surface area contributed by atoms with E-state index in [0.29, 0.717) is 5.82 Å². The van der Waals surface area contributed by atoms with Crippen molar-refractivity contribution in [1.82, 2.24) is 24.3 Å². The summed E-state index contributed by atoms with van der Waals surface area (Å²) in [5.74, 6) is 1.42. The summed E-state index contributed by atoms with van der Waals surface area (Å²) in [6, 6.07) is 5.69. The lowest BCUT2D eigenvalue weighted by molar-refractivity contribution is 0.529. The van der Waals surface area contributed by atoms with Gasteiger partial charge in [0.05, 0.1) is 0 Å². The third-order valence-corrected chi connectivity index (χ3v) is 3.10. The van der Waals surface area contributed by atoms with Crippen LogP contribution in [0.4, 0.5) is 5.82 Å². The Morgan fingerprint density at radius 2 is 2.00 bits per heavy atom. The van der Waals surface area contributed by atoms with Gasteiger partial charge in [-0.25, -0.2) is 9.97 Å². The van der Waals surface area contributed by atoms with Gasteiger partial charge in [-0.1, -0.05) is 0 Å². The topological polar surface area (TPSA) is 74.5 Å². The molecule has 20 heavy (non-hydrogen) atoms. The largest absolute Gasteiger partial charge is 0.384 e. The zero-order valence-corrected chi connectivity index (χ0v) is 11.1. The Balaban J connectivity index is 1.70. The lowest BCUT2D eigenvalue weighted by atomic mass is 10.2. The summed E-state index contributed by atoms with van der Waals surface area (Å²) in [5, 5.41) is 4.19. The molecular formula is C14H16N6. The molecule has 6 nitrogen and oxygen atoms in total. The van der Waals surface area contributed by atoms with Gasteiger partial charge in [-0.3, -0.25) is 4.68 Å². The average Bonchev–Trinajstić information content (AvgIpc) is 3.10. The van der Waals surface area contributed by atoms with Crippen LogP contribution in [0.3, 0.4) is 0 Å². The minimum atomic E-state index is 0.508. The fourth-order valence-corrected chi connectivity index (χ4v) is 2.17. The van der Waals surface area contributed by atoms with Gasteiger partial charge in [-0.15, -0.1) is 0 Å². The number of rotatable bonds is 5. The first-order valence-electron chi connectivity index (χ1n) is 6.53. The van der Waals surface area contributed by atoms with Gasteiger partial charge in [-0.05, 0) is 24.6 Å². The second kappa shape index (κ2) is 5.56. The Morgan fingerprint density at radius 3 is 2.80 bits per heavy atom. The van der Waals surface area contributed by atoms with E-state index in [1.807, 2.05) is 35.3 Å². The monoisotopic (exact) mass is 268 g/mol. The van der Waals surface area contributed by atoms with Crippen molar-refractivity contribution in [3.8, 4) is 11.4 Å². The Kier molecular flexibility index (Phi) is 3.45. The summed E-state index contributed by atoms with van der Waals surface area (Å²) in [5.41, 5.74) is 6.71. The van der Waals surface area contributed by atoms with Crippen molar-refractivity contribution in [3.05, 3.63) is 49.2 Å². The van der Waals surface area contributed by atoms with Gasteiger partial charge in [0.1, 0.15) is 11.6 Å². The van der Waals surface area contributed by atoms with E-state index in [1.54, 1.807) is 18.6 Å². The number of hydrogen-bond acceptors (Lipinski definition) is 4. The van der Waals surface area contributed by atoms with Crippen LogP contribution >= 0.6 is 0 Å². The van der Waals surface area contributed by atoms with Crippen molar-refractivity contribution < 1.29 is 0 Å². The predicted molar refractivity (Wildman–Crippen MR) is 76.7 cm³/mol. The molecule has 3 rings (SSSR count). The maximum Gasteiger partial charge on any atom is 0.140 e. The highest BCUT2D eigenvalue weighted by Crippen LogP contribution is 2.18. The van der Waals surface area contributed by atoms with Crippen molar-refractivity contribution in [2.45, 2.75) is 19.5 Å². The summed E-state index contributed by atoms with van der Waals surface area (Å²) in [7, 11) is 0. The Morgan fingerprint density at radius 1 is 1.05 bits per heavy atom. The maximum atomic E-state index is 5.72. The fourth-order valence-electron chi connectivity index (χ4n) is 2.17. The lowest BCUT2D eigenvalue weighted by Gasteiger charge is -2.08. The SMILES string of the molecule is Nc1cc(-c2nccn2CCCn2cccn2)ccn1. The van der Waals surface area contributed by atoms with Crippen molar-refractivity contribution in [2.24, 2.45) is 0 Å². The zero-order valence-electron chi connectivity index (χ0n) is 11.1. The zero-order chi connectivity index (χ0) is 13.8. The summed E-state index contributed by atoms with van der Waals surface area (Å²) in [6.07, 6.45) is 10.2. The van der Waals surface area contributed by atoms with Crippen LogP contribution < -0.4 is 5.73 Å². The van der Waals surface area contributed by atoms with E-state index >= 15 is 0 Å². The number of pyridine rings is 1. The molecule has 3 heterocycles. The van der Waals surface area contributed by atoms with Gasteiger partial charge in [0.2, 0.25) is 0 Å². The second-order valence-electron chi connectivity index (χ2n) is 4.54. The number of hydrogen-bond donors (Lipinski definition) is 1. The van der Waals surface area contributed by atoms with Gasteiger partial charge in [0.15, 0.2) is 0 Å². The van der Waals surface area contributed by atoms with E-state index in [0.717, 1.165) is 30.9 Å². The van der Waals surface area contributed by atoms with Crippen LogP contribution in [0, 0.1) is 0 Å². The molecule has 2 N–H and O–H groups in total. The molecule has 0 atom stereocenters. The molecule has 0 bridgehead atoms. The number of nitrogens with two attached hydrogens (primary N) is 1. The van der Waals surface area contributed by atoms with E-state index in [1.165, 1.54) is 0 Å². The highest BCUT2D eigenvalue weighted by atomic mass is 15.3. The molecule has 0 fully saturated rings. The second-order valence-corrected chi connectivity index (χ2v) is 4.54. The minimum Gasteiger partial charge on any atom is -0.384 e. The van der Waals surface area contributed by atoms with Crippen LogP contribution in [0.15, 0.2) is 49.2 Å². The molecule has 0 aliphatic heterocycles. The van der Waals surface area contributed by atoms with Crippen molar-refractivity contribution >= 4 is 5.82 Å². The maximum absolute atomic E-state index is 5.72.